The van der Waals surface area contributed by atoms with E-state index in [1.807, 2.05) is 51.1 Å². The first-order chi connectivity index (χ1) is 18.4. The molecule has 0 aliphatic heterocycles. The Morgan fingerprint density at radius 2 is 1.45 bits per heavy atom. The van der Waals surface area contributed by atoms with Crippen LogP contribution in [0.3, 0.4) is 0 Å². The highest BCUT2D eigenvalue weighted by Gasteiger charge is 2.33. The van der Waals surface area contributed by atoms with Crippen LogP contribution in [0.5, 0.6) is 5.75 Å². The van der Waals surface area contributed by atoms with Gasteiger partial charge in [-0.05, 0) is 91.6 Å². The lowest BCUT2D eigenvalue weighted by atomic mass is 10.1. The Labute approximate surface area is 236 Å². The number of carbonyl (C=O) groups is 2. The van der Waals surface area contributed by atoms with E-state index in [0.717, 1.165) is 5.56 Å². The molecule has 0 fully saturated rings. The van der Waals surface area contributed by atoms with Crippen molar-refractivity contribution in [2.45, 2.75) is 98.5 Å². The standard InChI is InChI=1S/C30H43NO9/c1-28(2,3)37-27(34)31(25(38-40-30(7,8)9)20-36-39-29(4,5)6)18-22-15-23(26(32)33)17-24(16-22)35-19-21-13-11-10-12-14-21/h10-17,25H,18-20H2,1-9H3,(H,32,33)/t25-/m0/s1. The summed E-state index contributed by atoms with van der Waals surface area (Å²) in [5, 5.41) is 9.75. The number of carboxylic acid groups (broad SMARTS) is 1. The number of hydrogen-bond donors (Lipinski definition) is 1. The van der Waals surface area contributed by atoms with E-state index in [9.17, 15) is 14.7 Å². The number of rotatable bonds is 12. The summed E-state index contributed by atoms with van der Waals surface area (Å²) in [6.45, 7) is 16.0. The smallest absolute Gasteiger partial charge is 0.412 e. The molecule has 1 N–H and O–H groups in total. The molecule has 1 amide bonds. The van der Waals surface area contributed by atoms with Crippen molar-refractivity contribution < 1.29 is 43.7 Å². The second-order valence-corrected chi connectivity index (χ2v) is 12.3. The molecule has 0 heterocycles. The van der Waals surface area contributed by atoms with Gasteiger partial charge in [-0.15, -0.1) is 0 Å². The van der Waals surface area contributed by atoms with Gasteiger partial charge in [-0.1, -0.05) is 30.3 Å². The molecule has 0 aliphatic rings. The number of amides is 1. The van der Waals surface area contributed by atoms with E-state index in [1.165, 1.54) is 17.0 Å². The maximum absolute atomic E-state index is 13.4. The van der Waals surface area contributed by atoms with Gasteiger partial charge in [-0.3, -0.25) is 4.90 Å². The Kier molecular flexibility index (Phi) is 11.5. The number of benzene rings is 2. The van der Waals surface area contributed by atoms with Crippen LogP contribution in [0.4, 0.5) is 4.79 Å². The molecule has 0 aliphatic carbocycles. The van der Waals surface area contributed by atoms with Crippen molar-refractivity contribution in [3.8, 4) is 5.75 Å². The zero-order valence-electron chi connectivity index (χ0n) is 25.0. The van der Waals surface area contributed by atoms with Crippen molar-refractivity contribution >= 4 is 12.1 Å². The fourth-order valence-electron chi connectivity index (χ4n) is 3.14. The topological polar surface area (TPSA) is 113 Å². The number of carboxylic acids is 1. The van der Waals surface area contributed by atoms with E-state index in [4.69, 9.17) is 29.0 Å². The van der Waals surface area contributed by atoms with Gasteiger partial charge in [-0.25, -0.2) is 29.1 Å². The van der Waals surface area contributed by atoms with Gasteiger partial charge in [0.25, 0.3) is 0 Å². The van der Waals surface area contributed by atoms with Crippen LogP contribution in [0.15, 0.2) is 48.5 Å². The minimum atomic E-state index is -1.14. The minimum Gasteiger partial charge on any atom is -0.489 e. The van der Waals surface area contributed by atoms with E-state index < -0.39 is 35.1 Å². The first-order valence-electron chi connectivity index (χ1n) is 13.1. The van der Waals surface area contributed by atoms with Crippen LogP contribution in [0.2, 0.25) is 0 Å². The highest BCUT2D eigenvalue weighted by molar-refractivity contribution is 5.88. The molecule has 10 heteroatoms. The summed E-state index contributed by atoms with van der Waals surface area (Å²) in [5.41, 5.74) is -0.753. The number of aromatic carboxylic acids is 1. The van der Waals surface area contributed by atoms with Crippen molar-refractivity contribution in [3.05, 3.63) is 65.2 Å². The monoisotopic (exact) mass is 561 g/mol. The first kappa shape index (κ1) is 33.0. The largest absolute Gasteiger partial charge is 0.489 e. The third-order valence-electron chi connectivity index (χ3n) is 4.72. The average Bonchev–Trinajstić information content (AvgIpc) is 2.81. The molecule has 0 saturated heterocycles. The molecule has 0 radical (unpaired) electrons. The Bertz CT molecular complexity index is 1100. The molecule has 40 heavy (non-hydrogen) atoms. The van der Waals surface area contributed by atoms with Gasteiger partial charge in [0.1, 0.15) is 24.6 Å². The molecule has 2 aromatic carbocycles. The Morgan fingerprint density at radius 1 is 0.825 bits per heavy atom. The Hall–Kier alpha value is -3.18. The van der Waals surface area contributed by atoms with Gasteiger partial charge in [0, 0.05) is 0 Å². The van der Waals surface area contributed by atoms with Gasteiger partial charge in [0.05, 0.1) is 23.3 Å². The van der Waals surface area contributed by atoms with Crippen molar-refractivity contribution in [2.24, 2.45) is 0 Å². The van der Waals surface area contributed by atoms with E-state index in [-0.39, 0.29) is 25.3 Å². The summed E-state index contributed by atoms with van der Waals surface area (Å²) in [6.07, 6.45) is -1.83. The number of ether oxygens (including phenoxy) is 2. The number of carbonyl (C=O) groups excluding carboxylic acids is 1. The van der Waals surface area contributed by atoms with Crippen LogP contribution in [0, 0.1) is 0 Å². The van der Waals surface area contributed by atoms with Gasteiger partial charge >= 0.3 is 12.1 Å². The predicted octanol–water partition coefficient (Wildman–Crippen LogP) is 6.52. The summed E-state index contributed by atoms with van der Waals surface area (Å²) in [5.74, 6) is -0.806. The molecule has 10 nitrogen and oxygen atoms in total. The average molecular weight is 562 g/mol. The first-order valence-corrected chi connectivity index (χ1v) is 13.1. The molecule has 1 atom stereocenters. The van der Waals surface area contributed by atoms with Gasteiger partial charge < -0.3 is 14.6 Å². The summed E-state index contributed by atoms with van der Waals surface area (Å²) in [6, 6.07) is 14.1. The van der Waals surface area contributed by atoms with Crippen LogP contribution in [0.1, 0.15) is 83.8 Å². The fourth-order valence-corrected chi connectivity index (χ4v) is 3.14. The quantitative estimate of drug-likeness (QED) is 0.176. The molecule has 2 rings (SSSR count). The fraction of sp³-hybridized carbons (Fsp3) is 0.533. The molecular weight excluding hydrogens is 518 g/mol. The molecule has 0 saturated carbocycles. The van der Waals surface area contributed by atoms with E-state index in [1.54, 1.807) is 47.6 Å². The number of nitrogens with zero attached hydrogens (tertiary/aromatic N) is 1. The summed E-state index contributed by atoms with van der Waals surface area (Å²) in [4.78, 5) is 48.7. The van der Waals surface area contributed by atoms with Gasteiger partial charge in [0.2, 0.25) is 0 Å². The van der Waals surface area contributed by atoms with Crippen LogP contribution >= 0.6 is 0 Å². The lowest BCUT2D eigenvalue weighted by Crippen LogP contribution is -2.47. The second-order valence-electron chi connectivity index (χ2n) is 12.3. The van der Waals surface area contributed by atoms with E-state index >= 15 is 0 Å². The Balaban J connectivity index is 2.42. The van der Waals surface area contributed by atoms with Crippen LogP contribution in [-0.2, 0) is 37.4 Å². The molecule has 0 aromatic heterocycles. The maximum atomic E-state index is 13.4. The van der Waals surface area contributed by atoms with Crippen LogP contribution in [-0.4, -0.2) is 51.7 Å². The minimum absolute atomic E-state index is 0.000395. The van der Waals surface area contributed by atoms with Gasteiger partial charge in [-0.2, -0.15) is 0 Å². The van der Waals surface area contributed by atoms with Crippen molar-refractivity contribution in [3.63, 3.8) is 0 Å². The maximum Gasteiger partial charge on any atom is 0.412 e. The summed E-state index contributed by atoms with van der Waals surface area (Å²) < 4.78 is 11.6. The third kappa shape index (κ3) is 12.8. The highest BCUT2D eigenvalue weighted by atomic mass is 17.2. The molecular formula is C30H43NO9. The Morgan fingerprint density at radius 3 is 2.00 bits per heavy atom. The zero-order valence-corrected chi connectivity index (χ0v) is 25.0. The van der Waals surface area contributed by atoms with Gasteiger partial charge in [0.15, 0.2) is 6.23 Å². The van der Waals surface area contributed by atoms with Crippen LogP contribution < -0.4 is 4.74 Å². The zero-order chi connectivity index (χ0) is 30.1. The third-order valence-corrected chi connectivity index (χ3v) is 4.72. The lowest BCUT2D eigenvalue weighted by molar-refractivity contribution is -0.425. The van der Waals surface area contributed by atoms with E-state index in [0.29, 0.717) is 11.3 Å². The SMILES string of the molecule is CC(C)(C)OOC[C@H](OOC(C)(C)C)N(Cc1cc(OCc2ccccc2)cc(C(=O)O)c1)C(=O)OC(C)(C)C. The highest BCUT2D eigenvalue weighted by Crippen LogP contribution is 2.24. The summed E-state index contributed by atoms with van der Waals surface area (Å²) in [7, 11) is 0. The predicted molar refractivity (Wildman–Crippen MR) is 148 cm³/mol. The van der Waals surface area contributed by atoms with Crippen LogP contribution in [0.25, 0.3) is 0 Å². The van der Waals surface area contributed by atoms with E-state index in [2.05, 4.69) is 0 Å². The van der Waals surface area contributed by atoms with Crippen molar-refractivity contribution in [2.75, 3.05) is 6.61 Å². The molecule has 0 spiro atoms. The second kappa shape index (κ2) is 13.9. The molecule has 0 unspecified atom stereocenters. The molecule has 222 valence electrons. The number of hydrogen-bond acceptors (Lipinski definition) is 8. The summed E-state index contributed by atoms with van der Waals surface area (Å²) >= 11 is 0. The van der Waals surface area contributed by atoms with Crippen molar-refractivity contribution in [1.82, 2.24) is 4.90 Å². The molecule has 0 bridgehead atoms. The lowest BCUT2D eigenvalue weighted by Gasteiger charge is -2.34. The molecule has 2 aromatic rings. The van der Waals surface area contributed by atoms with Crippen molar-refractivity contribution in [1.29, 1.82) is 0 Å². The normalized spacial score (nSPS) is 13.0.